The van der Waals surface area contributed by atoms with Gasteiger partial charge in [0.1, 0.15) is 9.71 Å². The number of aromatic nitrogens is 1. The number of fused-ring (bicyclic) bond motifs is 1. The van der Waals surface area contributed by atoms with Crippen molar-refractivity contribution in [3.8, 4) is 0 Å². The van der Waals surface area contributed by atoms with E-state index in [9.17, 15) is 4.79 Å². The van der Waals surface area contributed by atoms with Gasteiger partial charge in [0.25, 0.3) is 0 Å². The normalized spacial score (nSPS) is 11.2. The summed E-state index contributed by atoms with van der Waals surface area (Å²) < 4.78 is 0. The first-order chi connectivity index (χ1) is 7.50. The van der Waals surface area contributed by atoms with Gasteiger partial charge in [-0.1, -0.05) is 13.8 Å². The van der Waals surface area contributed by atoms with E-state index in [0.29, 0.717) is 10.8 Å². The number of carboxylic acid groups (broad SMARTS) is 1. The van der Waals surface area contributed by atoms with E-state index >= 15 is 0 Å². The summed E-state index contributed by atoms with van der Waals surface area (Å²) in [5, 5.41) is 9.99. The average Bonchev–Trinajstić information content (AvgIpc) is 2.56. The van der Waals surface area contributed by atoms with Crippen molar-refractivity contribution in [3.63, 3.8) is 0 Å². The molecule has 3 nitrogen and oxygen atoms in total. The lowest BCUT2D eigenvalue weighted by atomic mass is 10.0. The van der Waals surface area contributed by atoms with Crippen molar-refractivity contribution in [2.45, 2.75) is 26.7 Å². The molecule has 0 bridgehead atoms. The number of rotatable bonds is 2. The van der Waals surface area contributed by atoms with E-state index in [1.807, 2.05) is 19.2 Å². The minimum absolute atomic E-state index is 0.392. The van der Waals surface area contributed by atoms with Crippen molar-refractivity contribution in [2.75, 3.05) is 0 Å². The molecule has 0 fully saturated rings. The van der Waals surface area contributed by atoms with Crippen LogP contribution in [0.1, 0.15) is 40.6 Å². The third-order valence-electron chi connectivity index (χ3n) is 2.68. The van der Waals surface area contributed by atoms with E-state index in [4.69, 9.17) is 5.11 Å². The summed E-state index contributed by atoms with van der Waals surface area (Å²) in [6.45, 7) is 6.04. The standard InChI is InChI=1S/C12H13NO2S/c1-6(2)8-4-9-7(3)10(12(14)15)16-11(9)13-5-8/h4-6H,1-3H3,(H,14,15). The van der Waals surface area contributed by atoms with E-state index in [1.54, 1.807) is 0 Å². The largest absolute Gasteiger partial charge is 0.477 e. The summed E-state index contributed by atoms with van der Waals surface area (Å²) >= 11 is 1.24. The number of aryl methyl sites for hydroxylation is 1. The van der Waals surface area contributed by atoms with Crippen LogP contribution < -0.4 is 0 Å². The lowest BCUT2D eigenvalue weighted by Crippen LogP contribution is -1.93. The van der Waals surface area contributed by atoms with Gasteiger partial charge < -0.3 is 5.11 Å². The Morgan fingerprint density at radius 3 is 2.75 bits per heavy atom. The molecule has 16 heavy (non-hydrogen) atoms. The highest BCUT2D eigenvalue weighted by Gasteiger charge is 2.15. The molecule has 0 radical (unpaired) electrons. The van der Waals surface area contributed by atoms with Crippen molar-refractivity contribution >= 4 is 27.5 Å². The number of carboxylic acids is 1. The topological polar surface area (TPSA) is 50.2 Å². The molecule has 1 N–H and O–H groups in total. The molecule has 2 aromatic rings. The minimum Gasteiger partial charge on any atom is -0.477 e. The molecule has 0 atom stereocenters. The van der Waals surface area contributed by atoms with Crippen molar-refractivity contribution in [3.05, 3.63) is 28.3 Å². The zero-order valence-electron chi connectivity index (χ0n) is 9.44. The Bertz CT molecular complexity index is 557. The number of aromatic carboxylic acids is 1. The quantitative estimate of drug-likeness (QED) is 0.867. The van der Waals surface area contributed by atoms with Crippen molar-refractivity contribution in [2.24, 2.45) is 0 Å². The highest BCUT2D eigenvalue weighted by atomic mass is 32.1. The van der Waals surface area contributed by atoms with Crippen LogP contribution in [0.15, 0.2) is 12.3 Å². The monoisotopic (exact) mass is 235 g/mol. The molecule has 0 aromatic carbocycles. The molecule has 0 amide bonds. The Kier molecular flexibility index (Phi) is 2.68. The predicted molar refractivity (Wildman–Crippen MR) is 65.4 cm³/mol. The van der Waals surface area contributed by atoms with Gasteiger partial charge in [0.05, 0.1) is 0 Å². The van der Waals surface area contributed by atoms with Crippen LogP contribution in [0.25, 0.3) is 10.2 Å². The third-order valence-corrected chi connectivity index (χ3v) is 3.88. The number of hydrogen-bond acceptors (Lipinski definition) is 3. The van der Waals surface area contributed by atoms with Crippen LogP contribution >= 0.6 is 11.3 Å². The van der Waals surface area contributed by atoms with Crippen LogP contribution in [0.2, 0.25) is 0 Å². The first-order valence-corrected chi connectivity index (χ1v) is 5.94. The highest BCUT2D eigenvalue weighted by molar-refractivity contribution is 7.20. The second-order valence-corrected chi connectivity index (χ2v) is 5.14. The molecule has 0 aliphatic rings. The molecule has 2 rings (SSSR count). The number of thiophene rings is 1. The van der Waals surface area contributed by atoms with Gasteiger partial charge in [-0.15, -0.1) is 11.3 Å². The summed E-state index contributed by atoms with van der Waals surface area (Å²) in [6.07, 6.45) is 1.83. The fourth-order valence-electron chi connectivity index (χ4n) is 1.63. The van der Waals surface area contributed by atoms with Crippen LogP contribution in [0.3, 0.4) is 0 Å². The fourth-order valence-corrected chi connectivity index (χ4v) is 2.60. The Labute approximate surface area is 97.8 Å². The van der Waals surface area contributed by atoms with Gasteiger partial charge in [-0.25, -0.2) is 9.78 Å². The van der Waals surface area contributed by atoms with Gasteiger partial charge >= 0.3 is 5.97 Å². The van der Waals surface area contributed by atoms with Gasteiger partial charge in [-0.2, -0.15) is 0 Å². The number of nitrogens with zero attached hydrogens (tertiary/aromatic N) is 1. The first kappa shape index (κ1) is 11.1. The van der Waals surface area contributed by atoms with Crippen LogP contribution in [0, 0.1) is 6.92 Å². The molecule has 4 heteroatoms. The SMILES string of the molecule is Cc1c(C(=O)O)sc2ncc(C(C)C)cc12. The molecule has 0 saturated heterocycles. The van der Waals surface area contributed by atoms with Gasteiger partial charge in [0.15, 0.2) is 0 Å². The van der Waals surface area contributed by atoms with Gasteiger partial charge in [0, 0.05) is 11.6 Å². The molecule has 0 aliphatic carbocycles. The molecular formula is C12H13NO2S. The average molecular weight is 235 g/mol. The molecule has 2 heterocycles. The molecule has 0 saturated carbocycles. The van der Waals surface area contributed by atoms with Crippen LogP contribution in [-0.4, -0.2) is 16.1 Å². The summed E-state index contributed by atoms with van der Waals surface area (Å²) in [5.41, 5.74) is 1.97. The van der Waals surface area contributed by atoms with Crippen molar-refractivity contribution in [1.82, 2.24) is 4.98 Å². The summed E-state index contributed by atoms with van der Waals surface area (Å²) in [5.74, 6) is -0.462. The Morgan fingerprint density at radius 1 is 1.50 bits per heavy atom. The molecular weight excluding hydrogens is 222 g/mol. The van der Waals surface area contributed by atoms with Crippen molar-refractivity contribution in [1.29, 1.82) is 0 Å². The second kappa shape index (κ2) is 3.87. The van der Waals surface area contributed by atoms with Crippen LogP contribution in [0.4, 0.5) is 0 Å². The van der Waals surface area contributed by atoms with Gasteiger partial charge in [-0.3, -0.25) is 0 Å². The van der Waals surface area contributed by atoms with Crippen LogP contribution in [-0.2, 0) is 0 Å². The molecule has 84 valence electrons. The lowest BCUT2D eigenvalue weighted by Gasteiger charge is -2.03. The van der Waals surface area contributed by atoms with Gasteiger partial charge in [-0.05, 0) is 30.0 Å². The molecule has 0 spiro atoms. The van der Waals surface area contributed by atoms with E-state index in [-0.39, 0.29) is 0 Å². The zero-order chi connectivity index (χ0) is 11.9. The Balaban J connectivity index is 2.69. The lowest BCUT2D eigenvalue weighted by molar-refractivity contribution is 0.0701. The number of carbonyl (C=O) groups is 1. The maximum absolute atomic E-state index is 11.0. The van der Waals surface area contributed by atoms with Crippen molar-refractivity contribution < 1.29 is 9.90 Å². The van der Waals surface area contributed by atoms with E-state index in [0.717, 1.165) is 21.3 Å². The van der Waals surface area contributed by atoms with E-state index in [1.165, 1.54) is 11.3 Å². The zero-order valence-corrected chi connectivity index (χ0v) is 10.3. The first-order valence-electron chi connectivity index (χ1n) is 5.13. The van der Waals surface area contributed by atoms with E-state index in [2.05, 4.69) is 18.8 Å². The fraction of sp³-hybridized carbons (Fsp3) is 0.333. The maximum Gasteiger partial charge on any atom is 0.346 e. The van der Waals surface area contributed by atoms with Gasteiger partial charge in [0.2, 0.25) is 0 Å². The van der Waals surface area contributed by atoms with E-state index < -0.39 is 5.97 Å². The Hall–Kier alpha value is -1.42. The highest BCUT2D eigenvalue weighted by Crippen LogP contribution is 2.31. The molecule has 2 aromatic heterocycles. The third kappa shape index (κ3) is 1.69. The number of pyridine rings is 1. The maximum atomic E-state index is 11.0. The predicted octanol–water partition coefficient (Wildman–Crippen LogP) is 3.43. The summed E-state index contributed by atoms with van der Waals surface area (Å²) in [4.78, 5) is 16.5. The minimum atomic E-state index is -0.869. The summed E-state index contributed by atoms with van der Waals surface area (Å²) in [7, 11) is 0. The summed E-state index contributed by atoms with van der Waals surface area (Å²) in [6, 6.07) is 2.05. The molecule has 0 aliphatic heterocycles. The smallest absolute Gasteiger partial charge is 0.346 e. The molecule has 0 unspecified atom stereocenters. The van der Waals surface area contributed by atoms with Crippen LogP contribution in [0.5, 0.6) is 0 Å². The Morgan fingerprint density at radius 2 is 2.19 bits per heavy atom. The number of hydrogen-bond donors (Lipinski definition) is 1. The second-order valence-electron chi connectivity index (χ2n) is 4.14.